The molecule has 21 heavy (non-hydrogen) atoms. The van der Waals surface area contributed by atoms with Crippen molar-refractivity contribution < 1.29 is 4.42 Å². The van der Waals surface area contributed by atoms with Crippen LogP contribution in [-0.2, 0) is 6.42 Å². The van der Waals surface area contributed by atoms with Gasteiger partial charge in [-0.3, -0.25) is 0 Å². The molecule has 3 heteroatoms. The van der Waals surface area contributed by atoms with E-state index in [-0.39, 0.29) is 6.04 Å². The lowest BCUT2D eigenvalue weighted by Gasteiger charge is -2.12. The van der Waals surface area contributed by atoms with Crippen molar-refractivity contribution in [1.82, 2.24) is 0 Å². The summed E-state index contributed by atoms with van der Waals surface area (Å²) in [5.41, 5.74) is 10.8. The Morgan fingerprint density at radius 2 is 1.95 bits per heavy atom. The van der Waals surface area contributed by atoms with E-state index in [1.807, 2.05) is 24.3 Å². The zero-order chi connectivity index (χ0) is 15.0. The van der Waals surface area contributed by atoms with Gasteiger partial charge in [0.25, 0.3) is 0 Å². The van der Waals surface area contributed by atoms with Gasteiger partial charge in [0.05, 0.1) is 11.1 Å². The first-order chi connectivity index (χ1) is 10.0. The molecular formula is C18H18ClNO. The van der Waals surface area contributed by atoms with Crippen LogP contribution in [0.4, 0.5) is 0 Å². The average Bonchev–Trinajstić information content (AvgIpc) is 2.88. The molecule has 3 aromatic rings. The Morgan fingerprint density at radius 3 is 2.71 bits per heavy atom. The first-order valence-electron chi connectivity index (χ1n) is 7.04. The van der Waals surface area contributed by atoms with Crippen LogP contribution >= 0.6 is 11.6 Å². The van der Waals surface area contributed by atoms with Crippen molar-refractivity contribution in [2.24, 2.45) is 5.73 Å². The fourth-order valence-electron chi connectivity index (χ4n) is 2.59. The lowest BCUT2D eigenvalue weighted by atomic mass is 9.98. The smallest absolute Gasteiger partial charge is 0.152 e. The topological polar surface area (TPSA) is 39.2 Å². The van der Waals surface area contributed by atoms with Gasteiger partial charge in [-0.2, -0.15) is 0 Å². The predicted molar refractivity (Wildman–Crippen MR) is 87.8 cm³/mol. The minimum absolute atomic E-state index is 0.172. The molecule has 1 unspecified atom stereocenters. The SMILES string of the molecule is Cc1ccc(C)c(CC(N)c2cc3cccc(Cl)c3o2)c1. The van der Waals surface area contributed by atoms with Gasteiger partial charge < -0.3 is 10.2 Å². The van der Waals surface area contributed by atoms with E-state index in [1.165, 1.54) is 16.7 Å². The van der Waals surface area contributed by atoms with Gasteiger partial charge in [-0.1, -0.05) is 47.5 Å². The molecule has 0 aliphatic carbocycles. The summed E-state index contributed by atoms with van der Waals surface area (Å²) >= 11 is 6.15. The molecule has 0 radical (unpaired) electrons. The van der Waals surface area contributed by atoms with Gasteiger partial charge in [0, 0.05) is 5.39 Å². The van der Waals surface area contributed by atoms with Crippen molar-refractivity contribution in [3.63, 3.8) is 0 Å². The van der Waals surface area contributed by atoms with Crippen molar-refractivity contribution >= 4 is 22.6 Å². The minimum Gasteiger partial charge on any atom is -0.458 e. The summed E-state index contributed by atoms with van der Waals surface area (Å²) in [6.07, 6.45) is 0.755. The van der Waals surface area contributed by atoms with Crippen molar-refractivity contribution in [3.8, 4) is 0 Å². The van der Waals surface area contributed by atoms with Crippen molar-refractivity contribution in [2.75, 3.05) is 0 Å². The maximum absolute atomic E-state index is 6.32. The third kappa shape index (κ3) is 2.82. The van der Waals surface area contributed by atoms with Gasteiger partial charge in [-0.15, -0.1) is 0 Å². The van der Waals surface area contributed by atoms with E-state index in [9.17, 15) is 0 Å². The highest BCUT2D eigenvalue weighted by Gasteiger charge is 2.15. The minimum atomic E-state index is -0.172. The van der Waals surface area contributed by atoms with Gasteiger partial charge in [0.1, 0.15) is 5.76 Å². The van der Waals surface area contributed by atoms with Crippen molar-refractivity contribution in [2.45, 2.75) is 26.3 Å². The number of para-hydroxylation sites is 1. The van der Waals surface area contributed by atoms with Crippen LogP contribution in [-0.4, -0.2) is 0 Å². The summed E-state index contributed by atoms with van der Waals surface area (Å²) in [6.45, 7) is 4.20. The summed E-state index contributed by atoms with van der Waals surface area (Å²) in [5.74, 6) is 0.777. The van der Waals surface area contributed by atoms with Gasteiger partial charge in [-0.05, 0) is 43.5 Å². The monoisotopic (exact) mass is 299 g/mol. The van der Waals surface area contributed by atoms with E-state index < -0.39 is 0 Å². The molecule has 2 nitrogen and oxygen atoms in total. The maximum Gasteiger partial charge on any atom is 0.152 e. The van der Waals surface area contributed by atoms with Gasteiger partial charge >= 0.3 is 0 Å². The van der Waals surface area contributed by atoms with Crippen LogP contribution in [0.25, 0.3) is 11.0 Å². The first kappa shape index (κ1) is 14.2. The van der Waals surface area contributed by atoms with E-state index in [4.69, 9.17) is 21.8 Å². The second kappa shape index (κ2) is 5.55. The van der Waals surface area contributed by atoms with Crippen LogP contribution in [0.15, 0.2) is 46.9 Å². The van der Waals surface area contributed by atoms with Gasteiger partial charge in [0.15, 0.2) is 5.58 Å². The average molecular weight is 300 g/mol. The number of rotatable bonds is 3. The van der Waals surface area contributed by atoms with Gasteiger partial charge in [-0.25, -0.2) is 0 Å². The molecule has 2 N–H and O–H groups in total. The molecule has 3 rings (SSSR count). The Kier molecular flexibility index (Phi) is 3.75. The van der Waals surface area contributed by atoms with Crippen LogP contribution in [0.5, 0.6) is 0 Å². The molecule has 1 aromatic heterocycles. The molecule has 0 saturated heterocycles. The Bertz CT molecular complexity index is 791. The van der Waals surface area contributed by atoms with E-state index >= 15 is 0 Å². The molecule has 0 aliphatic heterocycles. The Balaban J connectivity index is 1.91. The summed E-state index contributed by atoms with van der Waals surface area (Å²) in [6, 6.07) is 14.0. The number of nitrogens with two attached hydrogens (primary N) is 1. The Morgan fingerprint density at radius 1 is 1.14 bits per heavy atom. The van der Waals surface area contributed by atoms with Crippen molar-refractivity contribution in [3.05, 3.63) is 69.9 Å². The third-order valence-electron chi connectivity index (χ3n) is 3.83. The summed E-state index contributed by atoms with van der Waals surface area (Å²) in [4.78, 5) is 0. The Labute approximate surface area is 129 Å². The fraction of sp³-hybridized carbons (Fsp3) is 0.222. The number of benzene rings is 2. The highest BCUT2D eigenvalue weighted by Crippen LogP contribution is 2.30. The molecule has 0 amide bonds. The zero-order valence-electron chi connectivity index (χ0n) is 12.2. The molecule has 0 aliphatic rings. The van der Waals surface area contributed by atoms with Gasteiger partial charge in [0.2, 0.25) is 0 Å². The molecular weight excluding hydrogens is 282 g/mol. The molecule has 0 spiro atoms. The molecule has 2 aromatic carbocycles. The number of hydrogen-bond acceptors (Lipinski definition) is 2. The van der Waals surface area contributed by atoms with Crippen LogP contribution in [0.3, 0.4) is 0 Å². The van der Waals surface area contributed by atoms with Crippen LogP contribution in [0.1, 0.15) is 28.5 Å². The summed E-state index contributed by atoms with van der Waals surface area (Å²) in [5, 5.41) is 1.62. The number of furan rings is 1. The maximum atomic E-state index is 6.32. The van der Waals surface area contributed by atoms with E-state index in [1.54, 1.807) is 0 Å². The lowest BCUT2D eigenvalue weighted by molar-refractivity contribution is 0.493. The highest BCUT2D eigenvalue weighted by molar-refractivity contribution is 6.34. The largest absolute Gasteiger partial charge is 0.458 e. The summed E-state index contributed by atoms with van der Waals surface area (Å²) in [7, 11) is 0. The second-order valence-electron chi connectivity index (χ2n) is 5.55. The normalized spacial score (nSPS) is 12.8. The zero-order valence-corrected chi connectivity index (χ0v) is 12.9. The highest BCUT2D eigenvalue weighted by atomic mass is 35.5. The van der Waals surface area contributed by atoms with Crippen LogP contribution in [0.2, 0.25) is 5.02 Å². The van der Waals surface area contributed by atoms with Crippen molar-refractivity contribution in [1.29, 1.82) is 0 Å². The molecule has 0 bridgehead atoms. The van der Waals surface area contributed by atoms with E-state index in [2.05, 4.69) is 32.0 Å². The standard InChI is InChI=1S/C18H18ClNO/c1-11-6-7-12(2)14(8-11)9-16(20)17-10-13-4-3-5-15(19)18(13)21-17/h3-8,10,16H,9,20H2,1-2H3. The number of aryl methyl sites for hydroxylation is 2. The first-order valence-corrected chi connectivity index (χ1v) is 7.42. The lowest BCUT2D eigenvalue weighted by Crippen LogP contribution is -2.13. The molecule has 1 heterocycles. The number of hydrogen-bond donors (Lipinski definition) is 1. The van der Waals surface area contributed by atoms with Crippen LogP contribution < -0.4 is 5.73 Å². The van der Waals surface area contributed by atoms with E-state index in [0.29, 0.717) is 10.6 Å². The second-order valence-corrected chi connectivity index (χ2v) is 5.95. The molecule has 1 atom stereocenters. The van der Waals surface area contributed by atoms with E-state index in [0.717, 1.165) is 17.6 Å². The Hall–Kier alpha value is -1.77. The molecule has 0 fully saturated rings. The molecule has 0 saturated carbocycles. The quantitative estimate of drug-likeness (QED) is 0.743. The third-order valence-corrected chi connectivity index (χ3v) is 4.12. The number of fused-ring (bicyclic) bond motifs is 1. The summed E-state index contributed by atoms with van der Waals surface area (Å²) < 4.78 is 5.85. The fourth-order valence-corrected chi connectivity index (χ4v) is 2.81. The number of halogens is 1. The molecule has 108 valence electrons. The predicted octanol–water partition coefficient (Wildman–Crippen LogP) is 4.95. The van der Waals surface area contributed by atoms with Crippen LogP contribution in [0, 0.1) is 13.8 Å².